The Morgan fingerprint density at radius 3 is 2.67 bits per heavy atom. The van der Waals surface area contributed by atoms with Gasteiger partial charge < -0.3 is 5.11 Å². The van der Waals surface area contributed by atoms with Crippen LogP contribution in [0.1, 0.15) is 29.4 Å². The summed E-state index contributed by atoms with van der Waals surface area (Å²) in [6, 6.07) is 7.58. The highest BCUT2D eigenvalue weighted by Gasteiger charge is 2.10. The second-order valence-corrected chi connectivity index (χ2v) is 5.19. The van der Waals surface area contributed by atoms with Gasteiger partial charge in [0.15, 0.2) is 11.6 Å². The second kappa shape index (κ2) is 6.07. The topological polar surface area (TPSA) is 20.2 Å². The number of hydrogen-bond donors (Lipinski definition) is 1. The lowest BCUT2D eigenvalue weighted by Crippen LogP contribution is -1.99. The van der Waals surface area contributed by atoms with Gasteiger partial charge in [-0.2, -0.15) is 0 Å². The smallest absolute Gasteiger partial charge is 0.159 e. The molecule has 0 aliphatic carbocycles. The molecule has 0 amide bonds. The van der Waals surface area contributed by atoms with Crippen molar-refractivity contribution in [2.24, 2.45) is 0 Å². The average molecular weight is 268 g/mol. The fourth-order valence-electron chi connectivity index (χ4n) is 1.81. The Morgan fingerprint density at radius 1 is 1.17 bits per heavy atom. The van der Waals surface area contributed by atoms with Crippen LogP contribution in [0.4, 0.5) is 8.78 Å². The highest BCUT2D eigenvalue weighted by molar-refractivity contribution is 7.09. The number of rotatable bonds is 5. The van der Waals surface area contributed by atoms with Crippen molar-refractivity contribution in [3.63, 3.8) is 0 Å². The number of benzene rings is 1. The molecule has 1 aromatic heterocycles. The van der Waals surface area contributed by atoms with Gasteiger partial charge in [0.05, 0.1) is 6.10 Å². The lowest BCUT2D eigenvalue weighted by molar-refractivity contribution is 0.164. The quantitative estimate of drug-likeness (QED) is 0.866. The van der Waals surface area contributed by atoms with Crippen molar-refractivity contribution in [2.45, 2.75) is 25.4 Å². The molecule has 0 fully saturated rings. The van der Waals surface area contributed by atoms with Gasteiger partial charge in [-0.15, -0.1) is 11.3 Å². The van der Waals surface area contributed by atoms with Gasteiger partial charge in [-0.1, -0.05) is 12.1 Å². The third-order valence-electron chi connectivity index (χ3n) is 2.81. The fourth-order valence-corrected chi connectivity index (χ4v) is 2.56. The van der Waals surface area contributed by atoms with Gasteiger partial charge in [-0.05, 0) is 48.4 Å². The molecular weight excluding hydrogens is 254 g/mol. The minimum Gasteiger partial charge on any atom is -0.388 e. The highest BCUT2D eigenvalue weighted by Crippen LogP contribution is 2.22. The molecule has 0 saturated carbocycles. The molecule has 0 aliphatic rings. The van der Waals surface area contributed by atoms with E-state index in [2.05, 4.69) is 6.07 Å². The summed E-state index contributed by atoms with van der Waals surface area (Å²) in [6.07, 6.45) is 1.53. The molecule has 18 heavy (non-hydrogen) atoms. The third-order valence-corrected chi connectivity index (χ3v) is 3.75. The van der Waals surface area contributed by atoms with E-state index in [1.807, 2.05) is 11.4 Å². The average Bonchev–Trinajstić information content (AvgIpc) is 2.85. The molecule has 0 radical (unpaired) electrons. The summed E-state index contributed by atoms with van der Waals surface area (Å²) in [5, 5.41) is 11.9. The van der Waals surface area contributed by atoms with E-state index in [-0.39, 0.29) is 0 Å². The van der Waals surface area contributed by atoms with E-state index >= 15 is 0 Å². The molecule has 96 valence electrons. The van der Waals surface area contributed by atoms with Crippen molar-refractivity contribution >= 4 is 11.3 Å². The molecule has 4 heteroatoms. The number of aliphatic hydroxyl groups excluding tert-OH is 1. The molecule has 1 heterocycles. The first-order valence-electron chi connectivity index (χ1n) is 5.82. The van der Waals surface area contributed by atoms with Crippen molar-refractivity contribution in [3.8, 4) is 0 Å². The molecule has 1 aromatic carbocycles. The Labute approximate surface area is 109 Å². The van der Waals surface area contributed by atoms with Crippen LogP contribution in [0.2, 0.25) is 0 Å². The molecule has 0 saturated heterocycles. The van der Waals surface area contributed by atoms with Gasteiger partial charge in [0, 0.05) is 4.88 Å². The molecule has 1 nitrogen and oxygen atoms in total. The zero-order valence-corrected chi connectivity index (χ0v) is 10.6. The fraction of sp³-hybridized carbons (Fsp3) is 0.286. The lowest BCUT2D eigenvalue weighted by atomic mass is 10.0. The van der Waals surface area contributed by atoms with Crippen LogP contribution in [-0.4, -0.2) is 5.11 Å². The Bertz CT molecular complexity index is 497. The number of hydrogen-bond acceptors (Lipinski definition) is 2. The zero-order chi connectivity index (χ0) is 13.0. The minimum absolute atomic E-state index is 0.431. The summed E-state index contributed by atoms with van der Waals surface area (Å²) >= 11 is 1.68. The first-order chi connectivity index (χ1) is 8.66. The van der Waals surface area contributed by atoms with E-state index in [0.29, 0.717) is 12.0 Å². The number of aryl methyl sites for hydroxylation is 1. The molecule has 2 rings (SSSR count). The van der Waals surface area contributed by atoms with Gasteiger partial charge in [0.25, 0.3) is 0 Å². The van der Waals surface area contributed by atoms with Gasteiger partial charge in [0.2, 0.25) is 0 Å². The maximum Gasteiger partial charge on any atom is 0.159 e. The van der Waals surface area contributed by atoms with E-state index in [1.165, 1.54) is 10.9 Å². The van der Waals surface area contributed by atoms with Crippen LogP contribution in [0.3, 0.4) is 0 Å². The maximum atomic E-state index is 13.0. The van der Waals surface area contributed by atoms with Crippen LogP contribution in [0.25, 0.3) is 0 Å². The van der Waals surface area contributed by atoms with Crippen molar-refractivity contribution < 1.29 is 13.9 Å². The minimum atomic E-state index is -0.912. The summed E-state index contributed by atoms with van der Waals surface area (Å²) in [7, 11) is 0. The summed E-state index contributed by atoms with van der Waals surface area (Å²) in [5.41, 5.74) is 0.431. The van der Waals surface area contributed by atoms with Gasteiger partial charge in [-0.3, -0.25) is 0 Å². The largest absolute Gasteiger partial charge is 0.388 e. The normalized spacial score (nSPS) is 12.6. The van der Waals surface area contributed by atoms with Crippen LogP contribution in [0.15, 0.2) is 35.7 Å². The number of thiophene rings is 1. The molecule has 1 N–H and O–H groups in total. The van der Waals surface area contributed by atoms with E-state index < -0.39 is 17.7 Å². The molecule has 1 unspecified atom stereocenters. The van der Waals surface area contributed by atoms with Crippen LogP contribution < -0.4 is 0 Å². The van der Waals surface area contributed by atoms with Crippen molar-refractivity contribution in [1.29, 1.82) is 0 Å². The Hall–Kier alpha value is -1.26. The molecule has 0 bridgehead atoms. The maximum absolute atomic E-state index is 13.0. The predicted molar refractivity (Wildman–Crippen MR) is 68.6 cm³/mol. The van der Waals surface area contributed by atoms with Crippen LogP contribution >= 0.6 is 11.3 Å². The number of aliphatic hydroxyl groups is 1. The van der Waals surface area contributed by atoms with E-state index in [4.69, 9.17) is 0 Å². The molecule has 1 atom stereocenters. The summed E-state index contributed by atoms with van der Waals surface area (Å²) < 4.78 is 25.7. The lowest BCUT2D eigenvalue weighted by Gasteiger charge is -2.10. The van der Waals surface area contributed by atoms with E-state index in [9.17, 15) is 13.9 Å². The number of halogens is 2. The third kappa shape index (κ3) is 3.37. The molecule has 0 spiro atoms. The molecule has 0 aliphatic heterocycles. The monoisotopic (exact) mass is 268 g/mol. The SMILES string of the molecule is OC(CCCc1cccs1)c1ccc(F)c(F)c1. The Kier molecular flexibility index (Phi) is 4.44. The zero-order valence-electron chi connectivity index (χ0n) is 9.77. The first-order valence-corrected chi connectivity index (χ1v) is 6.70. The van der Waals surface area contributed by atoms with Crippen LogP contribution in [0.5, 0.6) is 0 Å². The highest BCUT2D eigenvalue weighted by atomic mass is 32.1. The van der Waals surface area contributed by atoms with Gasteiger partial charge in [-0.25, -0.2) is 8.78 Å². The second-order valence-electron chi connectivity index (χ2n) is 4.16. The molecular formula is C14H14F2OS. The van der Waals surface area contributed by atoms with Gasteiger partial charge in [0.1, 0.15) is 0 Å². The van der Waals surface area contributed by atoms with Crippen LogP contribution in [-0.2, 0) is 6.42 Å². The summed E-state index contributed by atoms with van der Waals surface area (Å²) in [4.78, 5) is 1.27. The van der Waals surface area contributed by atoms with Crippen molar-refractivity contribution in [1.82, 2.24) is 0 Å². The summed E-state index contributed by atoms with van der Waals surface area (Å²) in [6.45, 7) is 0. The van der Waals surface area contributed by atoms with Crippen molar-refractivity contribution in [3.05, 3.63) is 57.8 Å². The van der Waals surface area contributed by atoms with E-state index in [1.54, 1.807) is 11.3 Å². The van der Waals surface area contributed by atoms with Crippen molar-refractivity contribution in [2.75, 3.05) is 0 Å². The Balaban J connectivity index is 1.87. The molecule has 2 aromatic rings. The van der Waals surface area contributed by atoms with Crippen LogP contribution in [0, 0.1) is 11.6 Å². The van der Waals surface area contributed by atoms with Gasteiger partial charge >= 0.3 is 0 Å². The predicted octanol–water partition coefficient (Wildman–Crippen LogP) is 4.08. The van der Waals surface area contributed by atoms with E-state index in [0.717, 1.165) is 25.0 Å². The summed E-state index contributed by atoms with van der Waals surface area (Å²) in [5.74, 6) is -1.80. The first kappa shape index (κ1) is 13.2. The Morgan fingerprint density at radius 2 is 2.00 bits per heavy atom. The standard InChI is InChI=1S/C14H14F2OS/c15-12-7-6-10(9-13(12)16)14(17)5-1-3-11-4-2-8-18-11/h2,4,6-9,14,17H,1,3,5H2.